The molecule has 0 fully saturated rings. The van der Waals surface area contributed by atoms with Gasteiger partial charge in [-0.2, -0.15) is 0 Å². The highest BCUT2D eigenvalue weighted by Crippen LogP contribution is 2.40. The molecular formula is C12H9BrO2. The van der Waals surface area contributed by atoms with E-state index in [0.717, 1.165) is 5.56 Å². The fraction of sp³-hybridized carbons (Fsp3) is 0. The van der Waals surface area contributed by atoms with Gasteiger partial charge in [-0.15, -0.1) is 0 Å². The van der Waals surface area contributed by atoms with Crippen molar-refractivity contribution in [1.82, 2.24) is 0 Å². The molecule has 3 heteroatoms. The molecule has 0 radical (unpaired) electrons. The lowest BCUT2D eigenvalue weighted by Gasteiger charge is -2.08. The summed E-state index contributed by atoms with van der Waals surface area (Å²) < 4.78 is 0.508. The van der Waals surface area contributed by atoms with E-state index in [-0.39, 0.29) is 11.5 Å². The predicted octanol–water partition coefficient (Wildman–Crippen LogP) is 3.53. The highest BCUT2D eigenvalue weighted by molar-refractivity contribution is 9.10. The number of hydrogen-bond acceptors (Lipinski definition) is 2. The molecule has 0 aromatic heterocycles. The third-order valence-corrected chi connectivity index (χ3v) is 2.96. The van der Waals surface area contributed by atoms with Gasteiger partial charge in [0, 0.05) is 5.56 Å². The Morgan fingerprint density at radius 2 is 1.40 bits per heavy atom. The zero-order valence-electron chi connectivity index (χ0n) is 7.81. The van der Waals surface area contributed by atoms with Gasteiger partial charge in [0.05, 0.1) is 4.47 Å². The molecule has 2 aromatic carbocycles. The number of phenolic OH excluding ortho intramolecular Hbond substituents is 2. The van der Waals surface area contributed by atoms with Crippen LogP contribution >= 0.6 is 15.9 Å². The maximum Gasteiger partial charge on any atom is 0.130 e. The molecule has 0 spiro atoms. The molecule has 2 rings (SSSR count). The van der Waals surface area contributed by atoms with Crippen LogP contribution < -0.4 is 0 Å². The zero-order chi connectivity index (χ0) is 10.8. The third-order valence-electron chi connectivity index (χ3n) is 2.16. The first kappa shape index (κ1) is 10.1. The van der Waals surface area contributed by atoms with Crippen LogP contribution in [-0.4, -0.2) is 10.2 Å². The monoisotopic (exact) mass is 264 g/mol. The normalized spacial score (nSPS) is 10.2. The largest absolute Gasteiger partial charge is 0.507 e. The average Bonchev–Trinajstić information content (AvgIpc) is 2.26. The van der Waals surface area contributed by atoms with Gasteiger partial charge in [0.2, 0.25) is 0 Å². The summed E-state index contributed by atoms with van der Waals surface area (Å²) in [6, 6.07) is 12.3. The molecule has 0 unspecified atom stereocenters. The molecule has 0 aliphatic heterocycles. The molecule has 0 saturated heterocycles. The van der Waals surface area contributed by atoms with Gasteiger partial charge in [-0.1, -0.05) is 30.3 Å². The first-order valence-corrected chi connectivity index (χ1v) is 5.25. The van der Waals surface area contributed by atoms with Crippen LogP contribution in [0, 0.1) is 0 Å². The van der Waals surface area contributed by atoms with Crippen LogP contribution in [0.15, 0.2) is 46.9 Å². The van der Waals surface area contributed by atoms with Gasteiger partial charge in [-0.3, -0.25) is 0 Å². The number of hydrogen-bond donors (Lipinski definition) is 2. The van der Waals surface area contributed by atoms with Crippen molar-refractivity contribution in [3.63, 3.8) is 0 Å². The second-order valence-corrected chi connectivity index (χ2v) is 3.95. The molecular weight excluding hydrogens is 256 g/mol. The molecule has 15 heavy (non-hydrogen) atoms. The first-order chi connectivity index (χ1) is 7.20. The number of benzene rings is 2. The van der Waals surface area contributed by atoms with E-state index < -0.39 is 0 Å². The van der Waals surface area contributed by atoms with Crippen LogP contribution in [0.2, 0.25) is 0 Å². The van der Waals surface area contributed by atoms with E-state index in [1.807, 2.05) is 30.3 Å². The van der Waals surface area contributed by atoms with Gasteiger partial charge in [0.25, 0.3) is 0 Å². The van der Waals surface area contributed by atoms with Crippen molar-refractivity contribution in [1.29, 1.82) is 0 Å². The van der Waals surface area contributed by atoms with Gasteiger partial charge < -0.3 is 10.2 Å². The Balaban J connectivity index is 2.68. The molecule has 0 aliphatic rings. The fourth-order valence-corrected chi connectivity index (χ4v) is 2.00. The summed E-state index contributed by atoms with van der Waals surface area (Å²) in [5, 5.41) is 19.3. The molecule has 2 aromatic rings. The van der Waals surface area contributed by atoms with Crippen LogP contribution in [0.25, 0.3) is 11.1 Å². The standard InChI is InChI=1S/C12H9BrO2/c13-12-10(15)7-6-9(14)11(12)8-4-2-1-3-5-8/h1-7,14-15H. The number of phenols is 2. The minimum absolute atomic E-state index is 0.117. The van der Waals surface area contributed by atoms with Gasteiger partial charge in [0.1, 0.15) is 11.5 Å². The summed E-state index contributed by atoms with van der Waals surface area (Å²) in [7, 11) is 0. The fourth-order valence-electron chi connectivity index (χ4n) is 1.43. The third kappa shape index (κ3) is 1.83. The van der Waals surface area contributed by atoms with Crippen molar-refractivity contribution in [3.05, 3.63) is 46.9 Å². The highest BCUT2D eigenvalue weighted by atomic mass is 79.9. The maximum atomic E-state index is 9.73. The maximum absolute atomic E-state index is 9.73. The Labute approximate surface area is 95.9 Å². The van der Waals surface area contributed by atoms with Crippen molar-refractivity contribution in [2.75, 3.05) is 0 Å². The quantitative estimate of drug-likeness (QED) is 0.774. The van der Waals surface area contributed by atoms with E-state index in [0.29, 0.717) is 10.0 Å². The number of halogens is 1. The van der Waals surface area contributed by atoms with E-state index in [1.54, 1.807) is 0 Å². The lowest BCUT2D eigenvalue weighted by molar-refractivity contribution is 0.459. The Bertz CT molecular complexity index is 480. The Kier molecular flexibility index (Phi) is 2.64. The molecule has 0 saturated carbocycles. The van der Waals surface area contributed by atoms with Crippen molar-refractivity contribution in [3.8, 4) is 22.6 Å². The highest BCUT2D eigenvalue weighted by Gasteiger charge is 2.11. The molecule has 76 valence electrons. The summed E-state index contributed by atoms with van der Waals surface area (Å²) in [4.78, 5) is 0. The summed E-state index contributed by atoms with van der Waals surface area (Å²) in [6.07, 6.45) is 0. The molecule has 2 nitrogen and oxygen atoms in total. The van der Waals surface area contributed by atoms with Crippen LogP contribution in [0.1, 0.15) is 0 Å². The molecule has 0 atom stereocenters. The first-order valence-electron chi connectivity index (χ1n) is 4.46. The van der Waals surface area contributed by atoms with E-state index >= 15 is 0 Å². The van der Waals surface area contributed by atoms with E-state index in [4.69, 9.17) is 0 Å². The van der Waals surface area contributed by atoms with Crippen LogP contribution in [0.5, 0.6) is 11.5 Å². The minimum Gasteiger partial charge on any atom is -0.507 e. The van der Waals surface area contributed by atoms with Crippen molar-refractivity contribution < 1.29 is 10.2 Å². The van der Waals surface area contributed by atoms with Crippen molar-refractivity contribution in [2.24, 2.45) is 0 Å². The molecule has 0 heterocycles. The topological polar surface area (TPSA) is 40.5 Å². The SMILES string of the molecule is Oc1ccc(O)c(-c2ccccc2)c1Br. The lowest BCUT2D eigenvalue weighted by atomic mass is 10.0. The van der Waals surface area contributed by atoms with Crippen molar-refractivity contribution in [2.45, 2.75) is 0 Å². The minimum atomic E-state index is 0.117. The Morgan fingerprint density at radius 3 is 2.07 bits per heavy atom. The predicted molar refractivity (Wildman–Crippen MR) is 62.9 cm³/mol. The van der Waals surface area contributed by atoms with Crippen LogP contribution in [-0.2, 0) is 0 Å². The number of rotatable bonds is 1. The van der Waals surface area contributed by atoms with Gasteiger partial charge in [-0.05, 0) is 33.6 Å². The smallest absolute Gasteiger partial charge is 0.130 e. The summed E-state index contributed by atoms with van der Waals surface area (Å²) >= 11 is 3.26. The van der Waals surface area contributed by atoms with Gasteiger partial charge >= 0.3 is 0 Å². The summed E-state index contributed by atoms with van der Waals surface area (Å²) in [6.45, 7) is 0. The lowest BCUT2D eigenvalue weighted by Crippen LogP contribution is -1.81. The molecule has 0 aliphatic carbocycles. The zero-order valence-corrected chi connectivity index (χ0v) is 9.40. The molecule has 2 N–H and O–H groups in total. The second-order valence-electron chi connectivity index (χ2n) is 3.16. The van der Waals surface area contributed by atoms with Crippen LogP contribution in [0.4, 0.5) is 0 Å². The summed E-state index contributed by atoms with van der Waals surface area (Å²) in [5.74, 6) is 0.262. The Morgan fingerprint density at radius 1 is 0.800 bits per heavy atom. The van der Waals surface area contributed by atoms with Gasteiger partial charge in [-0.25, -0.2) is 0 Å². The molecule has 0 bridgehead atoms. The second kappa shape index (κ2) is 3.95. The Hall–Kier alpha value is -1.48. The average molecular weight is 265 g/mol. The van der Waals surface area contributed by atoms with E-state index in [9.17, 15) is 10.2 Å². The van der Waals surface area contributed by atoms with Crippen LogP contribution in [0.3, 0.4) is 0 Å². The van der Waals surface area contributed by atoms with Gasteiger partial charge in [0.15, 0.2) is 0 Å². The number of aromatic hydroxyl groups is 2. The summed E-state index contributed by atoms with van der Waals surface area (Å²) in [5.41, 5.74) is 1.47. The van der Waals surface area contributed by atoms with E-state index in [1.165, 1.54) is 12.1 Å². The van der Waals surface area contributed by atoms with Crippen molar-refractivity contribution >= 4 is 15.9 Å². The molecule has 0 amide bonds. The van der Waals surface area contributed by atoms with E-state index in [2.05, 4.69) is 15.9 Å².